The van der Waals surface area contributed by atoms with E-state index in [-0.39, 0.29) is 18.4 Å². The van der Waals surface area contributed by atoms with Gasteiger partial charge in [0.2, 0.25) is 0 Å². The molecule has 0 atom stereocenters. The van der Waals surface area contributed by atoms with Crippen LogP contribution in [0.1, 0.15) is 21.5 Å². The number of rotatable bonds is 5. The van der Waals surface area contributed by atoms with Crippen LogP contribution < -0.4 is 10.1 Å². The van der Waals surface area contributed by atoms with Gasteiger partial charge in [-0.15, -0.1) is 0 Å². The molecule has 2 aromatic rings. The number of carbonyl (C=O) groups excluding carboxylic acids is 2. The van der Waals surface area contributed by atoms with Crippen molar-refractivity contribution in [3.05, 3.63) is 59.2 Å². The number of amides is 2. The van der Waals surface area contributed by atoms with Crippen molar-refractivity contribution >= 4 is 17.5 Å². The summed E-state index contributed by atoms with van der Waals surface area (Å²) >= 11 is 0. The van der Waals surface area contributed by atoms with Gasteiger partial charge in [-0.05, 0) is 61.4 Å². The van der Waals surface area contributed by atoms with Gasteiger partial charge in [0.15, 0.2) is 6.61 Å². The molecule has 1 fully saturated rings. The van der Waals surface area contributed by atoms with Gasteiger partial charge in [0.1, 0.15) is 5.75 Å². The number of hydrogen-bond acceptors (Lipinski definition) is 4. The third-order valence-corrected chi connectivity index (χ3v) is 4.56. The minimum Gasteiger partial charge on any atom is -0.484 e. The quantitative estimate of drug-likeness (QED) is 0.881. The molecule has 0 unspecified atom stereocenters. The van der Waals surface area contributed by atoms with Crippen LogP contribution in [0.5, 0.6) is 5.75 Å². The Balaban J connectivity index is 1.51. The summed E-state index contributed by atoms with van der Waals surface area (Å²) in [6.07, 6.45) is 0. The summed E-state index contributed by atoms with van der Waals surface area (Å²) in [7, 11) is 0. The molecule has 6 nitrogen and oxygen atoms in total. The van der Waals surface area contributed by atoms with Crippen LogP contribution >= 0.6 is 0 Å². The summed E-state index contributed by atoms with van der Waals surface area (Å²) in [6.45, 7) is 6.29. The lowest BCUT2D eigenvalue weighted by Gasteiger charge is -2.26. The van der Waals surface area contributed by atoms with Gasteiger partial charge >= 0.3 is 0 Å². The number of morpholine rings is 1. The topological polar surface area (TPSA) is 67.9 Å². The minimum absolute atomic E-state index is 0.0164. The van der Waals surface area contributed by atoms with Crippen molar-refractivity contribution in [2.45, 2.75) is 13.8 Å². The van der Waals surface area contributed by atoms with E-state index < -0.39 is 0 Å². The molecule has 0 radical (unpaired) electrons. The predicted octanol–water partition coefficient (Wildman–Crippen LogP) is 2.79. The van der Waals surface area contributed by atoms with Crippen LogP contribution in [0.2, 0.25) is 0 Å². The van der Waals surface area contributed by atoms with Crippen LogP contribution in [-0.4, -0.2) is 49.6 Å². The predicted molar refractivity (Wildman–Crippen MR) is 103 cm³/mol. The zero-order valence-corrected chi connectivity index (χ0v) is 15.7. The van der Waals surface area contributed by atoms with Gasteiger partial charge in [-0.25, -0.2) is 0 Å². The van der Waals surface area contributed by atoms with E-state index in [0.717, 1.165) is 11.3 Å². The third-order valence-electron chi connectivity index (χ3n) is 4.56. The highest BCUT2D eigenvalue weighted by atomic mass is 16.5. The molecule has 0 aliphatic carbocycles. The fourth-order valence-electron chi connectivity index (χ4n) is 2.81. The van der Waals surface area contributed by atoms with Crippen molar-refractivity contribution in [1.29, 1.82) is 0 Å². The Bertz CT molecular complexity index is 811. The Morgan fingerprint density at radius 3 is 2.41 bits per heavy atom. The number of hydrogen-bond donors (Lipinski definition) is 1. The van der Waals surface area contributed by atoms with Gasteiger partial charge in [-0.2, -0.15) is 0 Å². The summed E-state index contributed by atoms with van der Waals surface area (Å²) in [4.78, 5) is 26.2. The van der Waals surface area contributed by atoms with E-state index in [1.807, 2.05) is 32.0 Å². The lowest BCUT2D eigenvalue weighted by molar-refractivity contribution is -0.118. The molecule has 1 aliphatic heterocycles. The Morgan fingerprint density at radius 2 is 1.74 bits per heavy atom. The molecule has 142 valence electrons. The highest BCUT2D eigenvalue weighted by Crippen LogP contribution is 2.16. The maximum absolute atomic E-state index is 12.4. The Kier molecular flexibility index (Phi) is 6.08. The van der Waals surface area contributed by atoms with E-state index in [1.165, 1.54) is 5.56 Å². The van der Waals surface area contributed by atoms with Gasteiger partial charge in [0.05, 0.1) is 13.2 Å². The largest absolute Gasteiger partial charge is 0.484 e. The van der Waals surface area contributed by atoms with E-state index in [1.54, 1.807) is 29.2 Å². The first-order valence-electron chi connectivity index (χ1n) is 9.00. The lowest BCUT2D eigenvalue weighted by Crippen LogP contribution is -2.40. The number of carbonyl (C=O) groups is 2. The second-order valence-electron chi connectivity index (χ2n) is 6.56. The lowest BCUT2D eigenvalue weighted by atomic mass is 10.1. The van der Waals surface area contributed by atoms with Gasteiger partial charge in [-0.3, -0.25) is 9.59 Å². The van der Waals surface area contributed by atoms with E-state index in [9.17, 15) is 9.59 Å². The van der Waals surface area contributed by atoms with Crippen molar-refractivity contribution in [3.63, 3.8) is 0 Å². The number of benzene rings is 2. The first-order valence-corrected chi connectivity index (χ1v) is 9.00. The number of nitrogens with zero attached hydrogens (tertiary/aromatic N) is 1. The number of anilines is 1. The van der Waals surface area contributed by atoms with Gasteiger partial charge in [-0.1, -0.05) is 6.07 Å². The normalized spacial score (nSPS) is 13.9. The molecule has 2 amide bonds. The van der Waals surface area contributed by atoms with Crippen molar-refractivity contribution < 1.29 is 19.1 Å². The molecule has 0 spiro atoms. The Hall–Kier alpha value is -2.86. The van der Waals surface area contributed by atoms with Crippen LogP contribution in [0.25, 0.3) is 0 Å². The highest BCUT2D eigenvalue weighted by molar-refractivity contribution is 5.94. The number of aryl methyl sites for hydroxylation is 2. The van der Waals surface area contributed by atoms with Crippen LogP contribution in [-0.2, 0) is 9.53 Å². The first-order chi connectivity index (χ1) is 13.0. The second kappa shape index (κ2) is 8.68. The molecule has 0 bridgehead atoms. The van der Waals surface area contributed by atoms with Crippen molar-refractivity contribution in [3.8, 4) is 5.75 Å². The molecule has 0 aromatic heterocycles. The molecule has 1 saturated heterocycles. The average molecular weight is 368 g/mol. The third kappa shape index (κ3) is 5.08. The van der Waals surface area contributed by atoms with Crippen molar-refractivity contribution in [2.24, 2.45) is 0 Å². The highest BCUT2D eigenvalue weighted by Gasteiger charge is 2.18. The van der Waals surface area contributed by atoms with E-state index in [4.69, 9.17) is 9.47 Å². The van der Waals surface area contributed by atoms with Crippen molar-refractivity contribution in [1.82, 2.24) is 4.90 Å². The molecule has 6 heteroatoms. The second-order valence-corrected chi connectivity index (χ2v) is 6.56. The van der Waals surface area contributed by atoms with Gasteiger partial charge in [0.25, 0.3) is 11.8 Å². The fourth-order valence-corrected chi connectivity index (χ4v) is 2.81. The maximum atomic E-state index is 12.4. The molecular formula is C21H24N2O4. The van der Waals surface area contributed by atoms with Gasteiger partial charge < -0.3 is 19.7 Å². The van der Waals surface area contributed by atoms with Crippen LogP contribution in [0, 0.1) is 13.8 Å². The van der Waals surface area contributed by atoms with Crippen LogP contribution in [0.4, 0.5) is 5.69 Å². The molecule has 1 heterocycles. The molecule has 27 heavy (non-hydrogen) atoms. The molecule has 2 aromatic carbocycles. The number of ether oxygens (including phenoxy) is 2. The molecule has 1 N–H and O–H groups in total. The van der Waals surface area contributed by atoms with E-state index in [0.29, 0.717) is 37.6 Å². The molecule has 1 aliphatic rings. The average Bonchev–Trinajstić information content (AvgIpc) is 2.70. The van der Waals surface area contributed by atoms with Gasteiger partial charge in [0, 0.05) is 24.3 Å². The fraction of sp³-hybridized carbons (Fsp3) is 0.333. The smallest absolute Gasteiger partial charge is 0.262 e. The van der Waals surface area contributed by atoms with E-state index >= 15 is 0 Å². The monoisotopic (exact) mass is 368 g/mol. The summed E-state index contributed by atoms with van der Waals surface area (Å²) in [6, 6.07) is 12.6. The zero-order valence-electron chi connectivity index (χ0n) is 15.7. The van der Waals surface area contributed by atoms with Crippen molar-refractivity contribution in [2.75, 3.05) is 38.2 Å². The molecule has 0 saturated carbocycles. The molecular weight excluding hydrogens is 344 g/mol. The Morgan fingerprint density at radius 1 is 1.04 bits per heavy atom. The molecule has 3 rings (SSSR count). The minimum atomic E-state index is -0.230. The van der Waals surface area contributed by atoms with E-state index in [2.05, 4.69) is 5.32 Å². The SMILES string of the molecule is Cc1ccc(NC(=O)COc2ccc(C(=O)N3CCOCC3)cc2)cc1C. The summed E-state index contributed by atoms with van der Waals surface area (Å²) in [5, 5.41) is 2.82. The maximum Gasteiger partial charge on any atom is 0.262 e. The summed E-state index contributed by atoms with van der Waals surface area (Å²) < 4.78 is 10.8. The summed E-state index contributed by atoms with van der Waals surface area (Å²) in [5.41, 5.74) is 3.65. The first kappa shape index (κ1) is 18.9. The number of nitrogens with one attached hydrogen (secondary N) is 1. The zero-order chi connectivity index (χ0) is 19.2. The standard InChI is InChI=1S/C21H24N2O4/c1-15-3-6-18(13-16(15)2)22-20(24)14-27-19-7-4-17(5-8-19)21(25)23-9-11-26-12-10-23/h3-8,13H,9-12,14H2,1-2H3,(H,22,24). The van der Waals surface area contributed by atoms with Crippen LogP contribution in [0.3, 0.4) is 0 Å². The van der Waals surface area contributed by atoms with Crippen LogP contribution in [0.15, 0.2) is 42.5 Å². The Labute approximate surface area is 159 Å². The summed E-state index contributed by atoms with van der Waals surface area (Å²) in [5.74, 6) is 0.299.